The number of carbonyl (C=O) groups is 2. The maximum absolute atomic E-state index is 12.6. The molecule has 178 valence electrons. The molecular formula is C26H21N7O2S. The van der Waals surface area contributed by atoms with Gasteiger partial charge in [0.2, 0.25) is 5.82 Å². The zero-order valence-corrected chi connectivity index (χ0v) is 20.1. The highest BCUT2D eigenvalue weighted by Crippen LogP contribution is 2.27. The van der Waals surface area contributed by atoms with Gasteiger partial charge in [-0.05, 0) is 29.8 Å². The lowest BCUT2D eigenvalue weighted by molar-refractivity contribution is 0.0848. The fraction of sp³-hybridized carbons (Fsp3) is 0.0769. The van der Waals surface area contributed by atoms with E-state index in [1.165, 1.54) is 16.1 Å². The van der Waals surface area contributed by atoms with Crippen molar-refractivity contribution in [3.8, 4) is 22.0 Å². The molecule has 2 aromatic heterocycles. The molecule has 2 N–H and O–H groups in total. The summed E-state index contributed by atoms with van der Waals surface area (Å²) in [5.41, 5.74) is 8.68. The molecule has 0 atom stereocenters. The molecule has 0 aliphatic rings. The molecule has 0 saturated carbocycles. The van der Waals surface area contributed by atoms with Crippen molar-refractivity contribution in [2.75, 3.05) is 0 Å². The van der Waals surface area contributed by atoms with Crippen LogP contribution in [0.15, 0.2) is 84.9 Å². The lowest BCUT2D eigenvalue weighted by atomic mass is 10.1. The summed E-state index contributed by atoms with van der Waals surface area (Å²) in [6.45, 7) is 2.18. The molecule has 0 saturated heterocycles. The second-order valence-corrected chi connectivity index (χ2v) is 8.91. The lowest BCUT2D eigenvalue weighted by Crippen LogP contribution is -2.41. The maximum atomic E-state index is 12.6. The molecule has 0 aliphatic heterocycles. The molecule has 9 nitrogen and oxygen atoms in total. The number of rotatable bonds is 6. The number of amides is 2. The number of hydrogen-bond acceptors (Lipinski definition) is 7. The van der Waals surface area contributed by atoms with Crippen LogP contribution in [-0.2, 0) is 6.54 Å². The van der Waals surface area contributed by atoms with Crippen molar-refractivity contribution >= 4 is 23.2 Å². The van der Waals surface area contributed by atoms with E-state index in [0.29, 0.717) is 28.5 Å². The average Bonchev–Trinajstić information content (AvgIpc) is 3.55. The highest BCUT2D eigenvalue weighted by atomic mass is 32.1. The SMILES string of the molecule is Cc1nc(-c2ccccc2)sc1C(=O)NNC(=O)c1ccc(Cn2nnc(-c3ccccc3)n2)cc1. The van der Waals surface area contributed by atoms with Gasteiger partial charge in [0, 0.05) is 16.7 Å². The van der Waals surface area contributed by atoms with E-state index in [2.05, 4.69) is 31.2 Å². The summed E-state index contributed by atoms with van der Waals surface area (Å²) in [6, 6.07) is 26.2. The number of hydrogen-bond donors (Lipinski definition) is 2. The second-order valence-electron chi connectivity index (χ2n) is 7.91. The van der Waals surface area contributed by atoms with Crippen LogP contribution in [0.4, 0.5) is 0 Å². The van der Waals surface area contributed by atoms with Crippen LogP contribution in [0.25, 0.3) is 22.0 Å². The van der Waals surface area contributed by atoms with Gasteiger partial charge in [0.15, 0.2) is 0 Å². The van der Waals surface area contributed by atoms with Gasteiger partial charge in [0.05, 0.1) is 12.2 Å². The van der Waals surface area contributed by atoms with Gasteiger partial charge in [-0.1, -0.05) is 72.8 Å². The third kappa shape index (κ3) is 5.18. The summed E-state index contributed by atoms with van der Waals surface area (Å²) in [6.07, 6.45) is 0. The van der Waals surface area contributed by atoms with Gasteiger partial charge < -0.3 is 0 Å². The maximum Gasteiger partial charge on any atom is 0.281 e. The molecule has 0 radical (unpaired) electrons. The predicted octanol–water partition coefficient (Wildman–Crippen LogP) is 3.90. The second kappa shape index (κ2) is 10.3. The number of tetrazole rings is 1. The Hall–Kier alpha value is -4.70. The summed E-state index contributed by atoms with van der Waals surface area (Å²) in [4.78, 5) is 31.6. The Bertz CT molecular complexity index is 1500. The normalized spacial score (nSPS) is 10.7. The molecule has 5 aromatic rings. The number of aromatic nitrogens is 5. The van der Waals surface area contributed by atoms with Gasteiger partial charge in [-0.2, -0.15) is 4.80 Å². The zero-order chi connectivity index (χ0) is 24.9. The van der Waals surface area contributed by atoms with Gasteiger partial charge in [-0.15, -0.1) is 21.5 Å². The Morgan fingerprint density at radius 2 is 1.47 bits per heavy atom. The molecule has 3 aromatic carbocycles. The fourth-order valence-electron chi connectivity index (χ4n) is 3.49. The topological polar surface area (TPSA) is 115 Å². The summed E-state index contributed by atoms with van der Waals surface area (Å²) >= 11 is 1.28. The first-order valence-electron chi connectivity index (χ1n) is 11.1. The van der Waals surface area contributed by atoms with Crippen molar-refractivity contribution in [2.24, 2.45) is 0 Å². The van der Waals surface area contributed by atoms with Crippen molar-refractivity contribution in [1.82, 2.24) is 36.0 Å². The van der Waals surface area contributed by atoms with Crippen LogP contribution in [-0.4, -0.2) is 37.0 Å². The molecule has 0 aliphatic carbocycles. The van der Waals surface area contributed by atoms with Crippen LogP contribution in [0.1, 0.15) is 31.3 Å². The molecule has 2 heterocycles. The molecular weight excluding hydrogens is 474 g/mol. The highest BCUT2D eigenvalue weighted by molar-refractivity contribution is 7.17. The van der Waals surface area contributed by atoms with Gasteiger partial charge in [0.25, 0.3) is 11.8 Å². The van der Waals surface area contributed by atoms with E-state index >= 15 is 0 Å². The standard InChI is InChI=1S/C26H21N7O2S/c1-17-22(36-26(27-17)21-10-6-3-7-11-21)25(35)30-29-24(34)20-14-12-18(13-15-20)16-33-31-23(28-32-33)19-8-4-2-5-9-19/h2-15H,16H2,1H3,(H,29,34)(H,30,35). The number of benzene rings is 3. The monoisotopic (exact) mass is 495 g/mol. The molecule has 5 rings (SSSR count). The van der Waals surface area contributed by atoms with E-state index in [4.69, 9.17) is 0 Å². The number of aryl methyl sites for hydroxylation is 1. The van der Waals surface area contributed by atoms with Crippen LogP contribution in [0.5, 0.6) is 0 Å². The predicted molar refractivity (Wildman–Crippen MR) is 136 cm³/mol. The Kier molecular flexibility index (Phi) is 6.59. The summed E-state index contributed by atoms with van der Waals surface area (Å²) < 4.78 is 0. The van der Waals surface area contributed by atoms with Crippen molar-refractivity contribution in [3.63, 3.8) is 0 Å². The van der Waals surface area contributed by atoms with Crippen molar-refractivity contribution in [1.29, 1.82) is 0 Å². The molecule has 36 heavy (non-hydrogen) atoms. The Balaban J connectivity index is 1.18. The van der Waals surface area contributed by atoms with Gasteiger partial charge in [-0.3, -0.25) is 20.4 Å². The van der Waals surface area contributed by atoms with Crippen LogP contribution < -0.4 is 10.9 Å². The minimum absolute atomic E-state index is 0.404. The fourth-order valence-corrected chi connectivity index (χ4v) is 4.46. The summed E-state index contributed by atoms with van der Waals surface area (Å²) in [7, 11) is 0. The number of thiazole rings is 1. The third-order valence-electron chi connectivity index (χ3n) is 5.34. The third-order valence-corrected chi connectivity index (χ3v) is 6.54. The van der Waals surface area contributed by atoms with E-state index in [9.17, 15) is 9.59 Å². The Morgan fingerprint density at radius 1 is 0.833 bits per heavy atom. The van der Waals surface area contributed by atoms with E-state index < -0.39 is 11.8 Å². The first-order chi connectivity index (χ1) is 17.6. The van der Waals surface area contributed by atoms with Gasteiger partial charge in [0.1, 0.15) is 9.88 Å². The molecule has 2 amide bonds. The van der Waals surface area contributed by atoms with Crippen molar-refractivity contribution in [2.45, 2.75) is 13.5 Å². The highest BCUT2D eigenvalue weighted by Gasteiger charge is 2.17. The van der Waals surface area contributed by atoms with Crippen LogP contribution in [0.3, 0.4) is 0 Å². The van der Waals surface area contributed by atoms with Gasteiger partial charge in [-0.25, -0.2) is 4.98 Å². The van der Waals surface area contributed by atoms with E-state index in [1.54, 1.807) is 19.1 Å². The minimum atomic E-state index is -0.425. The zero-order valence-electron chi connectivity index (χ0n) is 19.3. The molecule has 10 heteroatoms. The van der Waals surface area contributed by atoms with Crippen LogP contribution >= 0.6 is 11.3 Å². The molecule has 0 spiro atoms. The quantitative estimate of drug-likeness (QED) is 0.345. The van der Waals surface area contributed by atoms with E-state index in [1.807, 2.05) is 72.8 Å². The summed E-state index contributed by atoms with van der Waals surface area (Å²) in [5, 5.41) is 13.3. The Labute approximate surface area is 210 Å². The van der Waals surface area contributed by atoms with Crippen molar-refractivity contribution < 1.29 is 9.59 Å². The first kappa shape index (κ1) is 23.1. The van der Waals surface area contributed by atoms with Crippen LogP contribution in [0.2, 0.25) is 0 Å². The largest absolute Gasteiger partial charge is 0.281 e. The van der Waals surface area contributed by atoms with Gasteiger partial charge >= 0.3 is 0 Å². The average molecular weight is 496 g/mol. The van der Waals surface area contributed by atoms with Crippen LogP contribution in [0, 0.1) is 6.92 Å². The number of nitrogens with one attached hydrogen (secondary N) is 2. The molecule has 0 bridgehead atoms. The number of hydrazine groups is 1. The number of nitrogens with zero attached hydrogens (tertiary/aromatic N) is 5. The molecule has 0 fully saturated rings. The Morgan fingerprint density at radius 3 is 2.17 bits per heavy atom. The molecule has 0 unspecified atom stereocenters. The smallest absolute Gasteiger partial charge is 0.267 e. The summed E-state index contributed by atoms with van der Waals surface area (Å²) in [5.74, 6) is -0.288. The lowest BCUT2D eigenvalue weighted by Gasteiger charge is -2.07. The first-order valence-corrected chi connectivity index (χ1v) is 11.9. The minimum Gasteiger partial charge on any atom is -0.267 e. The van der Waals surface area contributed by atoms with Crippen molar-refractivity contribution in [3.05, 3.63) is 107 Å². The van der Waals surface area contributed by atoms with E-state index in [-0.39, 0.29) is 0 Å². The van der Waals surface area contributed by atoms with E-state index in [0.717, 1.165) is 21.7 Å². The number of carbonyl (C=O) groups excluding carboxylic acids is 2.